The Morgan fingerprint density at radius 3 is 0.964 bits per heavy atom. The van der Waals surface area contributed by atoms with Crippen molar-refractivity contribution in [3.05, 3.63) is 181 Å². The predicted octanol–water partition coefficient (Wildman–Crippen LogP) is 14.8. The van der Waals surface area contributed by atoms with E-state index in [0.29, 0.717) is 24.5 Å². The molecule has 110 heavy (non-hydrogen) atoms. The van der Waals surface area contributed by atoms with Crippen molar-refractivity contribution in [2.24, 2.45) is 17.8 Å². The Labute approximate surface area is 673 Å². The van der Waals surface area contributed by atoms with Crippen LogP contribution in [0, 0.1) is 17.8 Å². The van der Waals surface area contributed by atoms with E-state index in [9.17, 15) is 53.1 Å². The Morgan fingerprint density at radius 1 is 0.373 bits per heavy atom. The molecule has 26 heteroatoms. The molecule has 0 aliphatic rings. The fraction of sp³-hybridized carbons (Fsp3) is 0.452. The quantitative estimate of drug-likeness (QED) is 0.0121. The van der Waals surface area contributed by atoms with Gasteiger partial charge in [0.1, 0.15) is 47.2 Å². The summed E-state index contributed by atoms with van der Waals surface area (Å²) in [6.07, 6.45) is 4.92. The fourth-order valence-electron chi connectivity index (χ4n) is 9.36. The van der Waals surface area contributed by atoms with Crippen molar-refractivity contribution in [1.29, 1.82) is 0 Å². The number of phenols is 1. The third-order valence-electron chi connectivity index (χ3n) is 15.3. The molecule has 602 valence electrons. The standard InChI is InChI=1S/C21H25NO4S.C18H27NO3S.3C15H21NO3S/c1-21(2,3)26-20(25)18(13-15-9-11-16(23)12-10-15)22-19(24)14-27-17-7-5-4-6-8-17;1-6-13(2)16(17(21)22-18(3,4)5)19-15(20)12-23-14-10-8-7-9-11-14;1-11(2)9-13(15(18)19-3)16-14(17)10-20-12-7-5-4-6-8-12;1-4-11(2)14(15(18)19-3)16-13(17)10-20-12-8-6-5-7-9-12;1-3-4-10-13(15(18)19-2)16-14(17)11-20-12-8-6-5-7-9-12/h4-12,18,23H,13-14H2,1-3H3,(H,22,24);7-11,13,16H,6,12H2,1-5H3,(H,19,20);4-8,11,13H,9-10H2,1-3H3,(H,16,17);5-9,11,14H,4,10H2,1-3H3,(H,16,17);5-9,13H,3-4,10-11H2,1-2H3,(H,16,17)/t;13-,16-;13-;11-,14-;/m.010./s1. The molecule has 0 aliphatic heterocycles. The largest absolute Gasteiger partial charge is 0.508 e. The lowest BCUT2D eigenvalue weighted by atomic mass is 9.99. The number of hydrogen-bond acceptors (Lipinski definition) is 21. The average molecular weight is 1610 g/mol. The van der Waals surface area contributed by atoms with E-state index in [4.69, 9.17) is 23.7 Å². The maximum atomic E-state index is 12.5. The van der Waals surface area contributed by atoms with Gasteiger partial charge in [0, 0.05) is 30.9 Å². The maximum absolute atomic E-state index is 12.5. The molecule has 5 amide bonds. The number of unbranched alkanes of at least 4 members (excludes halogenated alkanes) is 1. The van der Waals surface area contributed by atoms with Gasteiger partial charge in [-0.15, -0.1) is 58.8 Å². The first-order valence-corrected chi connectivity index (χ1v) is 41.5. The number of hydrogen-bond donors (Lipinski definition) is 6. The Bertz CT molecular complexity index is 3650. The Balaban J connectivity index is 0.000000469. The van der Waals surface area contributed by atoms with Gasteiger partial charge in [-0.2, -0.15) is 0 Å². The summed E-state index contributed by atoms with van der Waals surface area (Å²) in [5, 5.41) is 23.2. The van der Waals surface area contributed by atoms with Crippen LogP contribution in [0.4, 0.5) is 0 Å². The van der Waals surface area contributed by atoms with Crippen LogP contribution in [0.25, 0.3) is 0 Å². The zero-order valence-electron chi connectivity index (χ0n) is 66.5. The number of carbonyl (C=O) groups is 10. The number of amides is 5. The smallest absolute Gasteiger partial charge is 0.329 e. The summed E-state index contributed by atoms with van der Waals surface area (Å²) in [6.45, 7) is 24.7. The first-order chi connectivity index (χ1) is 52.2. The highest BCUT2D eigenvalue weighted by molar-refractivity contribution is 8.01. The lowest BCUT2D eigenvalue weighted by molar-refractivity contribution is -0.160. The van der Waals surface area contributed by atoms with Crippen LogP contribution < -0.4 is 26.6 Å². The highest BCUT2D eigenvalue weighted by Crippen LogP contribution is 2.24. The summed E-state index contributed by atoms with van der Waals surface area (Å²) < 4.78 is 25.0. The summed E-state index contributed by atoms with van der Waals surface area (Å²) in [5.74, 6) is -0.987. The molecule has 6 N–H and O–H groups in total. The molecule has 6 rings (SSSR count). The van der Waals surface area contributed by atoms with Crippen LogP contribution in [0.3, 0.4) is 0 Å². The van der Waals surface area contributed by atoms with Crippen molar-refractivity contribution in [3.8, 4) is 5.75 Å². The second kappa shape index (κ2) is 55.1. The summed E-state index contributed by atoms with van der Waals surface area (Å²) >= 11 is 7.20. The molecule has 6 aromatic rings. The SMILES string of the molecule is CC(C)(C)OC(=O)C(Cc1ccc(O)cc1)NC(=O)CSc1ccccc1.CCCCC(NC(=O)CSc1ccccc1)C(=O)OC.CC[C@H](C)[C@H](NC(=O)CSc1ccccc1)C(=O)OC.CC[C@H](C)[C@H](NC(=O)CSc1ccccc1)C(=O)OC(C)(C)C.COC(=O)[C@@H](CC(C)C)NC(=O)CSc1ccccc1. The topological polar surface area (TPSA) is 297 Å². The molecule has 0 aromatic heterocycles. The molecule has 6 aromatic carbocycles. The van der Waals surface area contributed by atoms with Crippen molar-refractivity contribution in [1.82, 2.24) is 26.6 Å². The Hall–Kier alpha value is -8.43. The van der Waals surface area contributed by atoms with Gasteiger partial charge in [0.05, 0.1) is 50.1 Å². The average Bonchev–Trinajstić information content (AvgIpc) is 0.879. The number of methoxy groups -OCH3 is 3. The first kappa shape index (κ1) is 97.6. The number of benzene rings is 6. The minimum atomic E-state index is -0.794. The lowest BCUT2D eigenvalue weighted by Crippen LogP contribution is -2.48. The molecular formula is C84H115N5O16S5. The third kappa shape index (κ3) is 45.0. The van der Waals surface area contributed by atoms with E-state index in [1.54, 1.807) is 45.0 Å². The van der Waals surface area contributed by atoms with Crippen LogP contribution in [0.15, 0.2) is 200 Å². The van der Waals surface area contributed by atoms with Crippen LogP contribution in [-0.4, -0.2) is 156 Å². The van der Waals surface area contributed by atoms with Crippen LogP contribution in [0.1, 0.15) is 134 Å². The van der Waals surface area contributed by atoms with Gasteiger partial charge >= 0.3 is 29.8 Å². The molecule has 0 radical (unpaired) electrons. The van der Waals surface area contributed by atoms with E-state index in [1.807, 2.05) is 221 Å². The number of nitrogens with one attached hydrogen (secondary N) is 5. The third-order valence-corrected chi connectivity index (χ3v) is 20.4. The van der Waals surface area contributed by atoms with E-state index in [0.717, 1.165) is 55.7 Å². The number of phenolic OH excluding ortho intramolecular Hbond substituents is 1. The van der Waals surface area contributed by atoms with Gasteiger partial charge in [-0.05, 0) is 150 Å². The van der Waals surface area contributed by atoms with Gasteiger partial charge < -0.3 is 55.4 Å². The molecule has 0 saturated heterocycles. The van der Waals surface area contributed by atoms with E-state index in [2.05, 4.69) is 26.6 Å². The molecule has 0 heterocycles. The van der Waals surface area contributed by atoms with Crippen LogP contribution in [0.2, 0.25) is 0 Å². The second-order valence-corrected chi connectivity index (χ2v) is 32.8. The van der Waals surface area contributed by atoms with E-state index in [1.165, 1.54) is 80.1 Å². The number of rotatable bonds is 36. The maximum Gasteiger partial charge on any atom is 0.329 e. The molecule has 0 fully saturated rings. The molecule has 2 unspecified atom stereocenters. The number of carbonyl (C=O) groups excluding carboxylic acids is 10. The summed E-state index contributed by atoms with van der Waals surface area (Å²) in [4.78, 5) is 125. The zero-order valence-corrected chi connectivity index (χ0v) is 70.5. The van der Waals surface area contributed by atoms with Gasteiger partial charge in [0.25, 0.3) is 0 Å². The summed E-state index contributed by atoms with van der Waals surface area (Å²) in [6, 6.07) is 51.8. The molecule has 7 atom stereocenters. The highest BCUT2D eigenvalue weighted by atomic mass is 32.2. The number of esters is 5. The summed E-state index contributed by atoms with van der Waals surface area (Å²) in [7, 11) is 4.01. The molecule has 0 aliphatic carbocycles. The highest BCUT2D eigenvalue weighted by Gasteiger charge is 2.32. The van der Waals surface area contributed by atoms with Gasteiger partial charge in [0.2, 0.25) is 29.5 Å². The van der Waals surface area contributed by atoms with Gasteiger partial charge in [-0.25, -0.2) is 24.0 Å². The van der Waals surface area contributed by atoms with Crippen LogP contribution >= 0.6 is 58.8 Å². The first-order valence-electron chi connectivity index (χ1n) is 36.6. The van der Waals surface area contributed by atoms with Crippen LogP contribution in [0.5, 0.6) is 5.75 Å². The summed E-state index contributed by atoms with van der Waals surface area (Å²) in [5.41, 5.74) is -0.389. The predicted molar refractivity (Wildman–Crippen MR) is 443 cm³/mol. The minimum absolute atomic E-state index is 0.0236. The minimum Gasteiger partial charge on any atom is -0.508 e. The van der Waals surface area contributed by atoms with E-state index in [-0.39, 0.29) is 88.5 Å². The normalized spacial score (nSPS) is 12.7. The molecule has 0 spiro atoms. The van der Waals surface area contributed by atoms with E-state index >= 15 is 0 Å². The monoisotopic (exact) mass is 1610 g/mol. The number of thioether (sulfide) groups is 5. The van der Waals surface area contributed by atoms with Crippen molar-refractivity contribution in [3.63, 3.8) is 0 Å². The van der Waals surface area contributed by atoms with Gasteiger partial charge in [0.15, 0.2) is 0 Å². The molecule has 0 saturated carbocycles. The van der Waals surface area contributed by atoms with Crippen molar-refractivity contribution in [2.45, 2.75) is 201 Å². The molecule has 21 nitrogen and oxygen atoms in total. The van der Waals surface area contributed by atoms with E-state index < -0.39 is 59.3 Å². The van der Waals surface area contributed by atoms with Crippen molar-refractivity contribution >= 4 is 118 Å². The van der Waals surface area contributed by atoms with Crippen LogP contribution in [-0.2, 0) is 78.1 Å². The van der Waals surface area contributed by atoms with Crippen molar-refractivity contribution in [2.75, 3.05) is 50.1 Å². The lowest BCUT2D eigenvalue weighted by Gasteiger charge is -2.27. The number of aromatic hydroxyl groups is 1. The Kier molecular flexibility index (Phi) is 48.9. The molecule has 0 bridgehead atoms. The molecular weight excluding hydrogens is 1500 g/mol. The Morgan fingerprint density at radius 2 is 0.664 bits per heavy atom. The van der Waals surface area contributed by atoms with Crippen molar-refractivity contribution < 1.29 is 76.7 Å². The number of ether oxygens (including phenoxy) is 5. The van der Waals surface area contributed by atoms with Gasteiger partial charge in [-0.1, -0.05) is 177 Å². The fourth-order valence-corrected chi connectivity index (χ4v) is 13.0. The second-order valence-electron chi connectivity index (χ2n) is 27.5. The van der Waals surface area contributed by atoms with Gasteiger partial charge in [-0.3, -0.25) is 24.0 Å². The zero-order chi connectivity index (χ0) is 82.0.